The summed E-state index contributed by atoms with van der Waals surface area (Å²) >= 11 is 1.68. The molecule has 1 aliphatic rings. The molecule has 0 aromatic carbocycles. The molecule has 0 bridgehead atoms. The van der Waals surface area contributed by atoms with E-state index in [1.165, 1.54) is 4.88 Å². The molecule has 2 aromatic rings. The van der Waals surface area contributed by atoms with Crippen molar-refractivity contribution in [2.24, 2.45) is 0 Å². The van der Waals surface area contributed by atoms with Gasteiger partial charge in [0.25, 0.3) is 5.91 Å². The molecule has 0 unspecified atom stereocenters. The third kappa shape index (κ3) is 5.37. The quantitative estimate of drug-likeness (QED) is 0.711. The number of carbonyl (C=O) groups is 1. The summed E-state index contributed by atoms with van der Waals surface area (Å²) in [4.78, 5) is 18.6. The van der Waals surface area contributed by atoms with Crippen LogP contribution in [0.2, 0.25) is 0 Å². The number of rotatable bonds is 9. The average Bonchev–Trinajstić information content (AvgIpc) is 3.40. The Kier molecular flexibility index (Phi) is 7.37. The molecule has 0 aliphatic carbocycles. The summed E-state index contributed by atoms with van der Waals surface area (Å²) in [6.07, 6.45) is 3.88. The van der Waals surface area contributed by atoms with Crippen molar-refractivity contribution in [3.63, 3.8) is 0 Å². The third-order valence-corrected chi connectivity index (χ3v) is 6.07. The van der Waals surface area contributed by atoms with Crippen LogP contribution in [0.4, 0.5) is 0 Å². The van der Waals surface area contributed by atoms with E-state index < -0.39 is 0 Å². The fourth-order valence-electron chi connectivity index (χ4n) is 3.43. The highest BCUT2D eigenvalue weighted by Gasteiger charge is 2.23. The summed E-state index contributed by atoms with van der Waals surface area (Å²) in [5, 5.41) is 13.9. The molecule has 0 atom stereocenters. The zero-order chi connectivity index (χ0) is 19.1. The van der Waals surface area contributed by atoms with Crippen molar-refractivity contribution in [1.29, 1.82) is 0 Å². The number of hydrogen-bond donors (Lipinski definition) is 1. The molecule has 1 aliphatic heterocycles. The second-order valence-corrected chi connectivity index (χ2v) is 7.93. The van der Waals surface area contributed by atoms with Gasteiger partial charge in [0.2, 0.25) is 0 Å². The molecular formula is C19H30N6OS. The molecule has 0 saturated carbocycles. The zero-order valence-electron chi connectivity index (χ0n) is 16.3. The van der Waals surface area contributed by atoms with Crippen LogP contribution in [0.5, 0.6) is 0 Å². The lowest BCUT2D eigenvalue weighted by atomic mass is 10.1. The van der Waals surface area contributed by atoms with Crippen molar-refractivity contribution in [1.82, 2.24) is 30.1 Å². The van der Waals surface area contributed by atoms with Gasteiger partial charge in [0.1, 0.15) is 0 Å². The lowest BCUT2D eigenvalue weighted by Crippen LogP contribution is -2.38. The van der Waals surface area contributed by atoms with Gasteiger partial charge in [-0.3, -0.25) is 4.79 Å². The number of nitrogens with one attached hydrogen (secondary N) is 1. The van der Waals surface area contributed by atoms with Crippen LogP contribution < -0.4 is 5.32 Å². The molecule has 0 spiro atoms. The van der Waals surface area contributed by atoms with Crippen molar-refractivity contribution in [2.45, 2.75) is 39.3 Å². The van der Waals surface area contributed by atoms with Crippen LogP contribution >= 0.6 is 11.3 Å². The van der Waals surface area contributed by atoms with Crippen molar-refractivity contribution >= 4 is 17.2 Å². The number of thiophene rings is 1. The van der Waals surface area contributed by atoms with Gasteiger partial charge in [-0.2, -0.15) is 0 Å². The number of piperidine rings is 1. The highest BCUT2D eigenvalue weighted by molar-refractivity contribution is 7.09. The highest BCUT2D eigenvalue weighted by Crippen LogP contribution is 2.18. The molecule has 8 heteroatoms. The van der Waals surface area contributed by atoms with Crippen LogP contribution in [0.3, 0.4) is 0 Å². The molecule has 1 fully saturated rings. The van der Waals surface area contributed by atoms with Gasteiger partial charge in [-0.1, -0.05) is 25.1 Å². The second kappa shape index (κ2) is 9.96. The number of amides is 1. The Balaban J connectivity index is 1.70. The molecular weight excluding hydrogens is 360 g/mol. The topological polar surface area (TPSA) is 66.3 Å². The van der Waals surface area contributed by atoms with Crippen LogP contribution in [0.25, 0.3) is 0 Å². The first-order valence-electron chi connectivity index (χ1n) is 9.87. The predicted octanol–water partition coefficient (Wildman–Crippen LogP) is 2.25. The Labute approximate surface area is 165 Å². The van der Waals surface area contributed by atoms with Gasteiger partial charge in [0, 0.05) is 18.0 Å². The van der Waals surface area contributed by atoms with Crippen LogP contribution in [0.15, 0.2) is 23.7 Å². The van der Waals surface area contributed by atoms with Gasteiger partial charge in [0.15, 0.2) is 5.69 Å². The van der Waals surface area contributed by atoms with Gasteiger partial charge >= 0.3 is 0 Å². The van der Waals surface area contributed by atoms with E-state index in [1.54, 1.807) is 11.3 Å². The van der Waals surface area contributed by atoms with E-state index >= 15 is 0 Å². The van der Waals surface area contributed by atoms with E-state index in [0.29, 0.717) is 24.8 Å². The fraction of sp³-hybridized carbons (Fsp3) is 0.632. The van der Waals surface area contributed by atoms with Gasteiger partial charge in [-0.25, -0.2) is 4.68 Å². The number of carbonyl (C=O) groups excluding carboxylic acids is 1. The average molecular weight is 391 g/mol. The summed E-state index contributed by atoms with van der Waals surface area (Å²) in [6, 6.07) is 4.44. The van der Waals surface area contributed by atoms with Gasteiger partial charge in [-0.15, -0.1) is 16.4 Å². The van der Waals surface area contributed by atoms with Crippen molar-refractivity contribution in [3.05, 3.63) is 34.3 Å². The largest absolute Gasteiger partial charge is 0.331 e. The molecule has 7 nitrogen and oxygen atoms in total. The highest BCUT2D eigenvalue weighted by atomic mass is 32.1. The third-order valence-electron chi connectivity index (χ3n) is 5.21. The van der Waals surface area contributed by atoms with Gasteiger partial charge in [-0.05, 0) is 50.5 Å². The van der Waals surface area contributed by atoms with E-state index in [4.69, 9.17) is 0 Å². The summed E-state index contributed by atoms with van der Waals surface area (Å²) < 4.78 is 1.88. The zero-order valence-corrected chi connectivity index (χ0v) is 17.1. The monoisotopic (exact) mass is 390 g/mol. The predicted molar refractivity (Wildman–Crippen MR) is 108 cm³/mol. The lowest BCUT2D eigenvalue weighted by molar-refractivity contribution is 0.0719. The van der Waals surface area contributed by atoms with Crippen LogP contribution in [0.1, 0.15) is 48.1 Å². The summed E-state index contributed by atoms with van der Waals surface area (Å²) in [6.45, 7) is 10.4. The molecule has 148 valence electrons. The first kappa shape index (κ1) is 20.0. The minimum atomic E-state index is -0.0317. The van der Waals surface area contributed by atoms with Crippen molar-refractivity contribution in [3.8, 4) is 0 Å². The maximum Gasteiger partial charge on any atom is 0.276 e. The lowest BCUT2D eigenvalue weighted by Gasteiger charge is -2.25. The first-order valence-corrected chi connectivity index (χ1v) is 10.8. The van der Waals surface area contributed by atoms with Crippen LogP contribution in [-0.2, 0) is 6.54 Å². The number of aromatic nitrogens is 3. The van der Waals surface area contributed by atoms with Crippen molar-refractivity contribution in [2.75, 3.05) is 39.3 Å². The Hall–Kier alpha value is -1.77. The second-order valence-electron chi connectivity index (χ2n) is 6.90. The molecule has 2 aromatic heterocycles. The Bertz CT molecular complexity index is 691. The summed E-state index contributed by atoms with van der Waals surface area (Å²) in [7, 11) is 0. The van der Waals surface area contributed by atoms with E-state index in [0.717, 1.165) is 45.6 Å². The van der Waals surface area contributed by atoms with Crippen molar-refractivity contribution < 1.29 is 4.79 Å². The van der Waals surface area contributed by atoms with Crippen LogP contribution in [-0.4, -0.2) is 70.0 Å². The first-order chi connectivity index (χ1) is 13.2. The molecule has 3 heterocycles. The Morgan fingerprint density at radius 2 is 2.07 bits per heavy atom. The number of hydrogen-bond acceptors (Lipinski definition) is 6. The molecule has 27 heavy (non-hydrogen) atoms. The van der Waals surface area contributed by atoms with E-state index in [2.05, 4.69) is 45.8 Å². The molecule has 1 saturated heterocycles. The standard InChI is InChI=1S/C19H30N6OS/c1-3-23(4-2)11-12-24(14-17-6-5-13-27-17)19(26)18-15-25(22-21-18)16-7-9-20-10-8-16/h5-6,13,15-16,20H,3-4,7-12,14H2,1-2H3. The maximum atomic E-state index is 13.1. The maximum absolute atomic E-state index is 13.1. The normalized spacial score (nSPS) is 15.4. The smallest absolute Gasteiger partial charge is 0.276 e. The minimum Gasteiger partial charge on any atom is -0.331 e. The molecule has 1 N–H and O–H groups in total. The number of likely N-dealkylation sites (N-methyl/N-ethyl adjacent to an activating group) is 1. The van der Waals surface area contributed by atoms with Gasteiger partial charge in [0.05, 0.1) is 18.8 Å². The van der Waals surface area contributed by atoms with E-state index in [-0.39, 0.29) is 5.91 Å². The van der Waals surface area contributed by atoms with Gasteiger partial charge < -0.3 is 15.1 Å². The fourth-order valence-corrected chi connectivity index (χ4v) is 4.15. The molecule has 3 rings (SSSR count). The molecule has 0 radical (unpaired) electrons. The Morgan fingerprint density at radius 3 is 2.74 bits per heavy atom. The summed E-state index contributed by atoms with van der Waals surface area (Å²) in [5.74, 6) is -0.0317. The Morgan fingerprint density at radius 1 is 1.30 bits per heavy atom. The number of nitrogens with zero attached hydrogens (tertiary/aromatic N) is 5. The minimum absolute atomic E-state index is 0.0317. The van der Waals surface area contributed by atoms with Crippen LogP contribution in [0, 0.1) is 0 Å². The molecule has 1 amide bonds. The SMILES string of the molecule is CCN(CC)CCN(Cc1cccs1)C(=O)c1cn(C2CCNCC2)nn1. The summed E-state index contributed by atoms with van der Waals surface area (Å²) in [5.41, 5.74) is 0.449. The van der Waals surface area contributed by atoms with E-state index in [1.807, 2.05) is 21.8 Å². The van der Waals surface area contributed by atoms with E-state index in [9.17, 15) is 4.79 Å².